The van der Waals surface area contributed by atoms with Gasteiger partial charge in [-0.2, -0.15) is 9.78 Å². The van der Waals surface area contributed by atoms with Crippen LogP contribution in [0.5, 0.6) is 0 Å². The highest BCUT2D eigenvalue weighted by atomic mass is 19.2. The van der Waals surface area contributed by atoms with Crippen LogP contribution in [0.15, 0.2) is 47.4 Å². The Morgan fingerprint density at radius 1 is 1.00 bits per heavy atom. The molecular weight excluding hydrogens is 440 g/mol. The second-order valence-electron chi connectivity index (χ2n) is 7.53. The summed E-state index contributed by atoms with van der Waals surface area (Å²) in [5, 5.41) is 6.95. The quantitative estimate of drug-likeness (QED) is 0.360. The summed E-state index contributed by atoms with van der Waals surface area (Å²) >= 11 is 0. The third-order valence-corrected chi connectivity index (χ3v) is 5.58. The molecule has 33 heavy (non-hydrogen) atoms. The Kier molecular flexibility index (Phi) is 5.52. The summed E-state index contributed by atoms with van der Waals surface area (Å²) < 4.78 is 57.7. The lowest BCUT2D eigenvalue weighted by Gasteiger charge is -2.18. The molecule has 4 aromatic rings. The average molecular weight is 458 g/mol. The first-order valence-corrected chi connectivity index (χ1v) is 9.92. The van der Waals surface area contributed by atoms with Gasteiger partial charge in [-0.05, 0) is 32.9 Å². The van der Waals surface area contributed by atoms with Crippen molar-refractivity contribution >= 4 is 22.4 Å². The summed E-state index contributed by atoms with van der Waals surface area (Å²) in [4.78, 5) is 26.0. The van der Waals surface area contributed by atoms with E-state index in [1.54, 1.807) is 44.2 Å². The van der Waals surface area contributed by atoms with Gasteiger partial charge in [-0.15, -0.1) is 0 Å². The lowest BCUT2D eigenvalue weighted by atomic mass is 10.2. The van der Waals surface area contributed by atoms with Crippen molar-refractivity contribution < 1.29 is 22.4 Å². The molecule has 0 spiro atoms. The zero-order chi connectivity index (χ0) is 24.0. The molecule has 1 amide bonds. The number of halogens is 4. The number of carbonyl (C=O) groups is 1. The smallest absolute Gasteiger partial charge is 0.281 e. The van der Waals surface area contributed by atoms with Gasteiger partial charge in [0.05, 0.1) is 17.3 Å². The van der Waals surface area contributed by atoms with E-state index in [2.05, 4.69) is 5.10 Å². The zero-order valence-electron chi connectivity index (χ0n) is 17.8. The predicted molar refractivity (Wildman–Crippen MR) is 114 cm³/mol. The van der Waals surface area contributed by atoms with Crippen LogP contribution < -0.4 is 10.9 Å². The molecule has 0 radical (unpaired) electrons. The highest BCUT2D eigenvalue weighted by Gasteiger charge is 2.27. The summed E-state index contributed by atoms with van der Waals surface area (Å²) in [5.41, 5.74) is -0.131. The number of fused-ring (bicyclic) bond motifs is 1. The summed E-state index contributed by atoms with van der Waals surface area (Å²) in [6.07, 6.45) is 1.49. The van der Waals surface area contributed by atoms with Gasteiger partial charge in [-0.25, -0.2) is 17.6 Å². The van der Waals surface area contributed by atoms with Gasteiger partial charge in [0.15, 0.2) is 23.3 Å². The number of rotatable bonds is 4. The molecule has 0 saturated heterocycles. The molecule has 1 atom stereocenters. The second kappa shape index (κ2) is 8.19. The van der Waals surface area contributed by atoms with Crippen LogP contribution in [0.2, 0.25) is 0 Å². The van der Waals surface area contributed by atoms with Gasteiger partial charge >= 0.3 is 0 Å². The SMILES string of the molecule is Cc1c2cnn(-c3ccccc3)c(=O)c2c(C)n1C(C)C(=O)Nc1c(F)c(F)cc(F)c1F. The van der Waals surface area contributed by atoms with Gasteiger partial charge in [0.25, 0.3) is 5.56 Å². The van der Waals surface area contributed by atoms with Crippen molar-refractivity contribution in [1.29, 1.82) is 0 Å². The number of para-hydroxylation sites is 1. The van der Waals surface area contributed by atoms with Crippen LogP contribution in [0.3, 0.4) is 0 Å². The number of hydrogen-bond donors (Lipinski definition) is 1. The van der Waals surface area contributed by atoms with Crippen molar-refractivity contribution in [2.24, 2.45) is 0 Å². The first kappa shape index (κ1) is 22.3. The number of carbonyl (C=O) groups excluding carboxylic acids is 1. The van der Waals surface area contributed by atoms with Crippen molar-refractivity contribution in [2.45, 2.75) is 26.8 Å². The third-order valence-electron chi connectivity index (χ3n) is 5.58. The van der Waals surface area contributed by atoms with E-state index in [1.165, 1.54) is 22.4 Å². The fourth-order valence-electron chi connectivity index (χ4n) is 3.94. The molecule has 170 valence electrons. The maximum absolute atomic E-state index is 14.0. The number of benzene rings is 2. The van der Waals surface area contributed by atoms with Gasteiger partial charge < -0.3 is 9.88 Å². The first-order chi connectivity index (χ1) is 15.6. The Morgan fingerprint density at radius 2 is 1.61 bits per heavy atom. The Balaban J connectivity index is 1.78. The van der Waals surface area contributed by atoms with E-state index in [0.29, 0.717) is 27.8 Å². The lowest BCUT2D eigenvalue weighted by molar-refractivity contribution is -0.118. The van der Waals surface area contributed by atoms with Crippen LogP contribution in [0, 0.1) is 37.1 Å². The summed E-state index contributed by atoms with van der Waals surface area (Å²) in [7, 11) is 0. The number of aromatic nitrogens is 3. The topological polar surface area (TPSA) is 68.9 Å². The van der Waals surface area contributed by atoms with Crippen molar-refractivity contribution in [3.63, 3.8) is 0 Å². The minimum atomic E-state index is -1.71. The Hall–Kier alpha value is -3.95. The molecular formula is C23H18F4N4O2. The number of nitrogens with one attached hydrogen (secondary N) is 1. The number of aryl methyl sites for hydroxylation is 2. The molecule has 6 nitrogen and oxygen atoms in total. The zero-order valence-corrected chi connectivity index (χ0v) is 17.8. The Labute approximate surface area is 185 Å². The van der Waals surface area contributed by atoms with E-state index >= 15 is 0 Å². The van der Waals surface area contributed by atoms with Crippen LogP contribution in [0.25, 0.3) is 16.5 Å². The highest BCUT2D eigenvalue weighted by Crippen LogP contribution is 2.29. The van der Waals surface area contributed by atoms with Crippen molar-refractivity contribution in [3.05, 3.63) is 87.6 Å². The normalized spacial score (nSPS) is 12.2. The maximum atomic E-state index is 14.0. The summed E-state index contributed by atoms with van der Waals surface area (Å²) in [6.45, 7) is 4.72. The second-order valence-corrected chi connectivity index (χ2v) is 7.53. The fraction of sp³-hybridized carbons (Fsp3) is 0.174. The van der Waals surface area contributed by atoms with Crippen molar-refractivity contribution in [3.8, 4) is 5.69 Å². The van der Waals surface area contributed by atoms with Crippen LogP contribution in [-0.4, -0.2) is 20.3 Å². The standard InChI is InChI=1S/C23H18F4N4O2/c1-11-15-10-28-31(14-7-5-4-6-8-14)23(33)18(15)12(2)30(11)13(3)22(32)29-21-19(26)16(24)9-17(25)20(21)27/h4-10,13H,1-3H3,(H,29,32). The van der Waals surface area contributed by atoms with Crippen LogP contribution in [0.4, 0.5) is 23.2 Å². The summed E-state index contributed by atoms with van der Waals surface area (Å²) in [5.74, 6) is -7.63. The minimum Gasteiger partial charge on any atom is -0.336 e. The summed E-state index contributed by atoms with van der Waals surface area (Å²) in [6, 6.07) is 7.74. The molecule has 0 aliphatic rings. The maximum Gasteiger partial charge on any atom is 0.281 e. The van der Waals surface area contributed by atoms with Gasteiger partial charge in [0.2, 0.25) is 5.91 Å². The van der Waals surface area contributed by atoms with E-state index in [0.717, 1.165) is 0 Å². The van der Waals surface area contributed by atoms with Crippen molar-refractivity contribution in [1.82, 2.24) is 14.3 Å². The predicted octanol–water partition coefficient (Wildman–Crippen LogP) is 4.56. The first-order valence-electron chi connectivity index (χ1n) is 9.92. The minimum absolute atomic E-state index is 0.0570. The Bertz CT molecular complexity index is 1440. The van der Waals surface area contributed by atoms with Crippen LogP contribution in [0.1, 0.15) is 24.4 Å². The van der Waals surface area contributed by atoms with Crippen LogP contribution in [-0.2, 0) is 4.79 Å². The van der Waals surface area contributed by atoms with E-state index in [1.807, 2.05) is 5.32 Å². The van der Waals surface area contributed by atoms with E-state index in [9.17, 15) is 27.2 Å². The largest absolute Gasteiger partial charge is 0.336 e. The van der Waals surface area contributed by atoms with Crippen molar-refractivity contribution in [2.75, 3.05) is 5.32 Å². The molecule has 0 aliphatic heterocycles. The monoisotopic (exact) mass is 458 g/mol. The van der Waals surface area contributed by atoms with Crippen LogP contribution >= 0.6 is 0 Å². The molecule has 2 aromatic heterocycles. The fourth-order valence-corrected chi connectivity index (χ4v) is 3.94. The van der Waals surface area contributed by atoms with Gasteiger partial charge in [-0.3, -0.25) is 9.59 Å². The van der Waals surface area contributed by atoms with E-state index in [4.69, 9.17) is 0 Å². The average Bonchev–Trinajstić information content (AvgIpc) is 3.06. The molecule has 2 aromatic carbocycles. The third kappa shape index (κ3) is 3.57. The number of hydrogen-bond acceptors (Lipinski definition) is 3. The molecule has 1 unspecified atom stereocenters. The molecule has 1 N–H and O–H groups in total. The molecule has 0 bridgehead atoms. The van der Waals surface area contributed by atoms with E-state index in [-0.39, 0.29) is 6.07 Å². The van der Waals surface area contributed by atoms with Gasteiger partial charge in [0, 0.05) is 22.8 Å². The molecule has 0 saturated carbocycles. The number of anilines is 1. The number of amides is 1. The van der Waals surface area contributed by atoms with Gasteiger partial charge in [0.1, 0.15) is 11.7 Å². The lowest BCUT2D eigenvalue weighted by Crippen LogP contribution is -2.26. The highest BCUT2D eigenvalue weighted by molar-refractivity contribution is 5.95. The molecule has 4 rings (SSSR count). The Morgan fingerprint density at radius 3 is 2.21 bits per heavy atom. The molecule has 0 fully saturated rings. The van der Waals surface area contributed by atoms with Gasteiger partial charge in [-0.1, -0.05) is 18.2 Å². The molecule has 0 aliphatic carbocycles. The molecule has 2 heterocycles. The molecule has 10 heteroatoms. The number of nitrogens with zero attached hydrogens (tertiary/aromatic N) is 3. The van der Waals surface area contributed by atoms with E-state index < -0.39 is 46.5 Å².